The molecule has 1 aromatic carbocycles. The Morgan fingerprint density at radius 1 is 1.37 bits per heavy atom. The molecule has 9 heteroatoms. The number of carboxylic acids is 1. The molecule has 0 spiro atoms. The van der Waals surface area contributed by atoms with E-state index in [1.165, 1.54) is 13.3 Å². The van der Waals surface area contributed by atoms with Crippen LogP contribution >= 0.6 is 0 Å². The molecule has 1 aromatic heterocycles. The normalized spacial score (nSPS) is 28.5. The van der Waals surface area contributed by atoms with Crippen LogP contribution in [0.5, 0.6) is 5.75 Å². The molecule has 1 aliphatic carbocycles. The van der Waals surface area contributed by atoms with Gasteiger partial charge in [0.05, 0.1) is 31.6 Å². The van der Waals surface area contributed by atoms with E-state index in [4.69, 9.17) is 4.74 Å². The minimum atomic E-state index is -1.36. The van der Waals surface area contributed by atoms with Gasteiger partial charge in [-0.1, -0.05) is 0 Å². The molecule has 8 nitrogen and oxygen atoms in total. The summed E-state index contributed by atoms with van der Waals surface area (Å²) in [6.45, 7) is 1.29. The van der Waals surface area contributed by atoms with Gasteiger partial charge in [-0.3, -0.25) is 4.79 Å². The maximum Gasteiger partial charge on any atom is 0.341 e. The van der Waals surface area contributed by atoms with E-state index < -0.39 is 27.4 Å². The lowest BCUT2D eigenvalue weighted by molar-refractivity contribution is 0.0695. The van der Waals surface area contributed by atoms with E-state index in [-0.39, 0.29) is 47.9 Å². The Hall–Kier alpha value is -2.49. The van der Waals surface area contributed by atoms with Crippen molar-refractivity contribution < 1.29 is 19.0 Å². The van der Waals surface area contributed by atoms with Gasteiger partial charge in [-0.2, -0.15) is 0 Å². The average molecular weight is 417 g/mol. The second kappa shape index (κ2) is 6.76. The largest absolute Gasteiger partial charge is 0.627 e. The van der Waals surface area contributed by atoms with Crippen molar-refractivity contribution in [1.29, 1.82) is 0 Å². The Bertz CT molecular complexity index is 1100. The molecule has 0 radical (unpaired) electrons. The van der Waals surface area contributed by atoms with E-state index >= 15 is 4.39 Å². The lowest BCUT2D eigenvalue weighted by Gasteiger charge is -2.39. The number of fused-ring (bicyclic) bond motifs is 2. The first kappa shape index (κ1) is 19.5. The van der Waals surface area contributed by atoms with Crippen molar-refractivity contribution in [3.8, 4) is 5.75 Å². The average Bonchev–Trinajstić information content (AvgIpc) is 3.48. The van der Waals surface area contributed by atoms with Gasteiger partial charge in [0.25, 0.3) is 0 Å². The van der Waals surface area contributed by atoms with Gasteiger partial charge in [0, 0.05) is 18.2 Å². The van der Waals surface area contributed by atoms with Crippen LogP contribution in [0, 0.1) is 16.9 Å². The van der Waals surface area contributed by atoms with E-state index in [0.717, 1.165) is 38.3 Å². The summed E-state index contributed by atoms with van der Waals surface area (Å²) in [6, 6.07) is 1.05. The van der Waals surface area contributed by atoms with Gasteiger partial charge in [-0.15, -0.1) is 0 Å². The molecule has 3 fully saturated rings. The Labute approximate surface area is 172 Å². The number of hydroxylamine groups is 2. The zero-order valence-electron chi connectivity index (χ0n) is 16.7. The number of aromatic nitrogens is 1. The van der Waals surface area contributed by atoms with Crippen molar-refractivity contribution in [3.63, 3.8) is 0 Å². The SMILES string of the molecule is COc1c([N+]2([O-])C[C@@H]3CCCN[C@@H]3C2)c(F)cc2c(=O)c(C(=O)O)cn(C3CC3)c12. The van der Waals surface area contributed by atoms with Crippen LogP contribution in [0.25, 0.3) is 10.9 Å². The third-order valence-electron chi connectivity index (χ3n) is 6.73. The van der Waals surface area contributed by atoms with Gasteiger partial charge < -0.3 is 29.6 Å². The first-order valence-corrected chi connectivity index (χ1v) is 10.3. The first-order chi connectivity index (χ1) is 14.3. The molecule has 30 heavy (non-hydrogen) atoms. The van der Waals surface area contributed by atoms with Crippen LogP contribution < -0.4 is 20.1 Å². The van der Waals surface area contributed by atoms with Crippen LogP contribution in [0.15, 0.2) is 17.1 Å². The monoisotopic (exact) mass is 417 g/mol. The maximum absolute atomic E-state index is 15.4. The number of aromatic carboxylic acids is 1. The molecule has 0 bridgehead atoms. The lowest BCUT2D eigenvalue weighted by Crippen LogP contribution is -2.45. The van der Waals surface area contributed by atoms with Crippen molar-refractivity contribution in [3.05, 3.63) is 39.1 Å². The van der Waals surface area contributed by atoms with Crippen molar-refractivity contribution in [2.45, 2.75) is 37.8 Å². The summed E-state index contributed by atoms with van der Waals surface area (Å²) in [6.07, 6.45) is 4.84. The molecule has 160 valence electrons. The highest BCUT2D eigenvalue weighted by Gasteiger charge is 2.46. The number of carbonyl (C=O) groups is 1. The number of benzene rings is 1. The number of hydrogen-bond donors (Lipinski definition) is 2. The van der Waals surface area contributed by atoms with Crippen molar-refractivity contribution in [1.82, 2.24) is 14.5 Å². The zero-order valence-corrected chi connectivity index (χ0v) is 16.7. The van der Waals surface area contributed by atoms with Crippen LogP contribution in [0.3, 0.4) is 0 Å². The van der Waals surface area contributed by atoms with E-state index in [2.05, 4.69) is 5.32 Å². The molecule has 2 aliphatic heterocycles. The Morgan fingerprint density at radius 2 is 2.13 bits per heavy atom. The fourth-order valence-corrected chi connectivity index (χ4v) is 5.21. The number of halogens is 1. The molecular weight excluding hydrogens is 393 g/mol. The molecule has 3 atom stereocenters. The Morgan fingerprint density at radius 3 is 2.77 bits per heavy atom. The van der Waals surface area contributed by atoms with E-state index in [1.807, 2.05) is 0 Å². The molecule has 2 N–H and O–H groups in total. The van der Waals surface area contributed by atoms with Crippen molar-refractivity contribution in [2.75, 3.05) is 26.7 Å². The van der Waals surface area contributed by atoms with Crippen LogP contribution in [0.2, 0.25) is 0 Å². The van der Waals surface area contributed by atoms with Crippen LogP contribution in [-0.4, -0.2) is 48.4 Å². The summed E-state index contributed by atoms with van der Waals surface area (Å²) in [5.74, 6) is -1.98. The van der Waals surface area contributed by atoms with Crippen LogP contribution in [0.1, 0.15) is 42.1 Å². The predicted octanol–water partition coefficient (Wildman–Crippen LogP) is 2.37. The minimum Gasteiger partial charge on any atom is -0.627 e. The second-order valence-electron chi connectivity index (χ2n) is 8.67. The van der Waals surface area contributed by atoms with E-state index in [9.17, 15) is 19.9 Å². The highest BCUT2D eigenvalue weighted by Crippen LogP contribution is 2.47. The number of pyridine rings is 1. The number of rotatable bonds is 4. The summed E-state index contributed by atoms with van der Waals surface area (Å²) in [5.41, 5.74) is -0.973. The van der Waals surface area contributed by atoms with Gasteiger partial charge in [-0.05, 0) is 38.3 Å². The smallest absolute Gasteiger partial charge is 0.341 e. The zero-order chi connectivity index (χ0) is 21.2. The molecular formula is C21H24FN3O5. The topological polar surface area (TPSA) is 104 Å². The third kappa shape index (κ3) is 2.84. The second-order valence-corrected chi connectivity index (χ2v) is 8.67. The lowest BCUT2D eigenvalue weighted by atomic mass is 9.94. The number of ether oxygens (including phenoxy) is 1. The van der Waals surface area contributed by atoms with Gasteiger partial charge in [0.15, 0.2) is 5.82 Å². The summed E-state index contributed by atoms with van der Waals surface area (Å²) < 4.78 is 21.8. The highest BCUT2D eigenvalue weighted by atomic mass is 19.1. The van der Waals surface area contributed by atoms with Crippen molar-refractivity contribution in [2.24, 2.45) is 5.92 Å². The summed E-state index contributed by atoms with van der Waals surface area (Å²) in [7, 11) is 1.36. The molecule has 1 saturated carbocycles. The molecule has 2 aromatic rings. The summed E-state index contributed by atoms with van der Waals surface area (Å²) in [4.78, 5) is 24.4. The molecule has 0 amide bonds. The molecule has 5 rings (SSSR count). The standard InChI is InChI=1S/C21H24FN3O5/c1-30-20-17-13(19(26)14(21(27)28)8-24(17)12-4-5-12)7-15(22)18(20)25(29)9-11-3-2-6-23-16(11)10-25/h7-8,11-12,16,23H,2-6,9-10H2,1H3,(H,27,28)/t11-,16+,25?/m0/s1. The van der Waals surface area contributed by atoms with Gasteiger partial charge in [0.2, 0.25) is 16.9 Å². The van der Waals surface area contributed by atoms with Gasteiger partial charge in [0.1, 0.15) is 11.1 Å². The van der Waals surface area contributed by atoms with Gasteiger partial charge >= 0.3 is 5.97 Å². The van der Waals surface area contributed by atoms with Crippen molar-refractivity contribution >= 4 is 22.6 Å². The van der Waals surface area contributed by atoms with Crippen LogP contribution in [-0.2, 0) is 0 Å². The maximum atomic E-state index is 15.4. The number of quaternary nitrogens is 1. The highest BCUT2D eigenvalue weighted by molar-refractivity contribution is 5.97. The fraction of sp³-hybridized carbons (Fsp3) is 0.524. The predicted molar refractivity (Wildman–Crippen MR) is 109 cm³/mol. The summed E-state index contributed by atoms with van der Waals surface area (Å²) in [5, 5.41) is 26.6. The number of piperidine rings is 1. The minimum absolute atomic E-state index is 0.00124. The van der Waals surface area contributed by atoms with Gasteiger partial charge in [-0.25, -0.2) is 9.18 Å². The third-order valence-corrected chi connectivity index (χ3v) is 6.73. The Balaban J connectivity index is 1.77. The van der Waals surface area contributed by atoms with E-state index in [0.29, 0.717) is 5.52 Å². The quantitative estimate of drug-likeness (QED) is 0.585. The number of nitrogens with one attached hydrogen (secondary N) is 1. The Kier molecular flexibility index (Phi) is 4.39. The number of nitrogens with zero attached hydrogens (tertiary/aromatic N) is 2. The molecule has 2 saturated heterocycles. The first-order valence-electron chi connectivity index (χ1n) is 10.3. The van der Waals surface area contributed by atoms with Crippen LogP contribution in [0.4, 0.5) is 10.1 Å². The molecule has 3 heterocycles. The number of methoxy groups -OCH3 is 1. The molecule has 3 aliphatic rings. The summed E-state index contributed by atoms with van der Waals surface area (Å²) >= 11 is 0. The fourth-order valence-electron chi connectivity index (χ4n) is 5.21. The number of carboxylic acid groups (broad SMARTS) is 1. The number of hydrogen-bond acceptors (Lipinski definition) is 5. The van der Waals surface area contributed by atoms with E-state index in [1.54, 1.807) is 4.57 Å². The molecule has 1 unspecified atom stereocenters.